The Kier molecular flexibility index (Phi) is 19.6. The highest BCUT2D eigenvalue weighted by atomic mass is 16.3. The second kappa shape index (κ2) is 13.3. The highest BCUT2D eigenvalue weighted by molar-refractivity contribution is 4.78. The summed E-state index contributed by atoms with van der Waals surface area (Å²) in [5.74, 6) is 0.833. The molecule has 76 valence electrons. The molecule has 0 saturated carbocycles. The summed E-state index contributed by atoms with van der Waals surface area (Å²) in [7, 11) is 0. The maximum Gasteiger partial charge on any atom is 0.0483 e. The molecule has 0 unspecified atom stereocenters. The van der Waals surface area contributed by atoms with Crippen molar-refractivity contribution in [3.63, 3.8) is 0 Å². The van der Waals surface area contributed by atoms with Crippen molar-refractivity contribution in [2.75, 3.05) is 0 Å². The summed E-state index contributed by atoms with van der Waals surface area (Å²) in [5.41, 5.74) is 1.17. The number of rotatable bonds is 0. The molecule has 0 radical (unpaired) electrons. The van der Waals surface area contributed by atoms with Gasteiger partial charge in [-0.1, -0.05) is 26.3 Å². The molecule has 1 heteroatoms. The molecule has 0 aromatic rings. The van der Waals surface area contributed by atoms with Crippen LogP contribution in [0.25, 0.3) is 0 Å². The molecule has 0 spiro atoms. The van der Waals surface area contributed by atoms with Crippen LogP contribution in [0.15, 0.2) is 12.2 Å². The molecule has 0 saturated heterocycles. The van der Waals surface area contributed by atoms with E-state index in [2.05, 4.69) is 27.4 Å². The number of hydrogen-bond acceptors (Lipinski definition) is 1. The van der Waals surface area contributed by atoms with Crippen molar-refractivity contribution in [3.05, 3.63) is 12.2 Å². The smallest absolute Gasteiger partial charge is 0.0483 e. The standard InChI is InChI=1S/C4H10.C4H8.C3H8O/c2*1-4(2)3;1-3(2)4/h4H,1-3H3;1H2,2-3H3;3-4H,1-2H3. The summed E-state index contributed by atoms with van der Waals surface area (Å²) in [5, 5.41) is 8.06. The Morgan fingerprint density at radius 2 is 1.00 bits per heavy atom. The van der Waals surface area contributed by atoms with Crippen LogP contribution >= 0.6 is 0 Å². The van der Waals surface area contributed by atoms with Gasteiger partial charge in [-0.3, -0.25) is 0 Å². The van der Waals surface area contributed by atoms with Crippen molar-refractivity contribution in [2.24, 2.45) is 5.92 Å². The molecule has 0 aliphatic heterocycles. The lowest BCUT2D eigenvalue weighted by molar-refractivity contribution is 0.216. The number of aliphatic hydroxyl groups excluding tert-OH is 1. The van der Waals surface area contributed by atoms with Crippen LogP contribution in [0.2, 0.25) is 0 Å². The van der Waals surface area contributed by atoms with Crippen LogP contribution in [-0.2, 0) is 0 Å². The van der Waals surface area contributed by atoms with Gasteiger partial charge in [-0.25, -0.2) is 0 Å². The Balaban J connectivity index is -0.000000101. The van der Waals surface area contributed by atoms with Gasteiger partial charge in [-0.2, -0.15) is 0 Å². The molecule has 0 aromatic carbocycles. The second-order valence-electron chi connectivity index (χ2n) is 4.03. The van der Waals surface area contributed by atoms with Crippen molar-refractivity contribution < 1.29 is 5.11 Å². The van der Waals surface area contributed by atoms with Crippen LogP contribution in [0, 0.1) is 5.92 Å². The van der Waals surface area contributed by atoms with Crippen LogP contribution in [0.1, 0.15) is 48.5 Å². The first kappa shape index (κ1) is 17.7. The highest BCUT2D eigenvalue weighted by Gasteiger charge is 1.69. The molecule has 0 bridgehead atoms. The average molecular weight is 174 g/mol. The van der Waals surface area contributed by atoms with Gasteiger partial charge < -0.3 is 5.11 Å². The predicted molar refractivity (Wildman–Crippen MR) is 58.4 cm³/mol. The first-order chi connectivity index (χ1) is 5.20. The SMILES string of the molecule is C=C(C)C.CC(C)C.CC(C)O. The van der Waals surface area contributed by atoms with E-state index >= 15 is 0 Å². The van der Waals surface area contributed by atoms with Crippen molar-refractivity contribution in [2.45, 2.75) is 54.6 Å². The Morgan fingerprint density at radius 3 is 1.00 bits per heavy atom. The van der Waals surface area contributed by atoms with Crippen molar-refractivity contribution in [1.82, 2.24) is 0 Å². The second-order valence-corrected chi connectivity index (χ2v) is 4.03. The molecule has 0 aliphatic carbocycles. The number of allylic oxidation sites excluding steroid dienone is 1. The molecule has 1 nitrogen and oxygen atoms in total. The highest BCUT2D eigenvalue weighted by Crippen LogP contribution is 1.81. The molecule has 0 fully saturated rings. The normalized spacial score (nSPS) is 8.17. The van der Waals surface area contributed by atoms with Crippen molar-refractivity contribution in [3.8, 4) is 0 Å². The number of hydrogen-bond donors (Lipinski definition) is 1. The molecule has 0 rings (SSSR count). The van der Waals surface area contributed by atoms with E-state index in [0.717, 1.165) is 5.92 Å². The van der Waals surface area contributed by atoms with Crippen LogP contribution in [0.3, 0.4) is 0 Å². The molecule has 0 atom stereocenters. The van der Waals surface area contributed by atoms with E-state index in [9.17, 15) is 0 Å². The average Bonchev–Trinajstić information content (AvgIpc) is 1.54. The molecule has 0 amide bonds. The Morgan fingerprint density at radius 1 is 1.00 bits per heavy atom. The Bertz CT molecular complexity index is 67.5. The summed E-state index contributed by atoms with van der Waals surface area (Å²) in [6.45, 7) is 17.4. The molecular weight excluding hydrogens is 148 g/mol. The van der Waals surface area contributed by atoms with Gasteiger partial charge in [0.25, 0.3) is 0 Å². The van der Waals surface area contributed by atoms with E-state index in [1.165, 1.54) is 5.57 Å². The summed E-state index contributed by atoms with van der Waals surface area (Å²) >= 11 is 0. The predicted octanol–water partition coefficient (Wildman–Crippen LogP) is 3.63. The van der Waals surface area contributed by atoms with E-state index < -0.39 is 0 Å². The van der Waals surface area contributed by atoms with Crippen molar-refractivity contribution >= 4 is 0 Å². The first-order valence-electron chi connectivity index (χ1n) is 4.50. The van der Waals surface area contributed by atoms with Gasteiger partial charge >= 0.3 is 0 Å². The maximum atomic E-state index is 8.06. The zero-order valence-electron chi connectivity index (χ0n) is 9.81. The van der Waals surface area contributed by atoms with E-state index in [0.29, 0.717) is 0 Å². The topological polar surface area (TPSA) is 20.2 Å². The minimum absolute atomic E-state index is 0.167. The van der Waals surface area contributed by atoms with Gasteiger partial charge in [-0.15, -0.1) is 6.58 Å². The minimum atomic E-state index is -0.167. The van der Waals surface area contributed by atoms with Gasteiger partial charge in [0, 0.05) is 6.10 Å². The van der Waals surface area contributed by atoms with Crippen LogP contribution in [0.5, 0.6) is 0 Å². The van der Waals surface area contributed by atoms with Gasteiger partial charge in [-0.05, 0) is 33.6 Å². The largest absolute Gasteiger partial charge is 0.394 e. The summed E-state index contributed by atoms with van der Waals surface area (Å²) < 4.78 is 0. The minimum Gasteiger partial charge on any atom is -0.394 e. The fourth-order valence-corrected chi connectivity index (χ4v) is 0. The van der Waals surface area contributed by atoms with E-state index in [-0.39, 0.29) is 6.10 Å². The van der Waals surface area contributed by atoms with Gasteiger partial charge in [0.05, 0.1) is 0 Å². The van der Waals surface area contributed by atoms with E-state index in [4.69, 9.17) is 5.11 Å². The lowest BCUT2D eigenvalue weighted by Crippen LogP contribution is -1.85. The summed E-state index contributed by atoms with van der Waals surface area (Å²) in [6, 6.07) is 0. The Labute approximate surface area is 78.5 Å². The van der Waals surface area contributed by atoms with E-state index in [1.807, 2.05) is 13.8 Å². The molecule has 12 heavy (non-hydrogen) atoms. The van der Waals surface area contributed by atoms with Gasteiger partial charge in [0.15, 0.2) is 0 Å². The van der Waals surface area contributed by atoms with Crippen LogP contribution < -0.4 is 0 Å². The van der Waals surface area contributed by atoms with Gasteiger partial charge in [0.2, 0.25) is 0 Å². The fraction of sp³-hybridized carbons (Fsp3) is 0.818. The van der Waals surface area contributed by atoms with Gasteiger partial charge in [0.1, 0.15) is 0 Å². The quantitative estimate of drug-likeness (QED) is 0.556. The molecular formula is C11H26O. The first-order valence-corrected chi connectivity index (χ1v) is 4.50. The Hall–Kier alpha value is -0.300. The lowest BCUT2D eigenvalue weighted by Gasteiger charge is -1.80. The zero-order chi connectivity index (χ0) is 10.7. The summed E-state index contributed by atoms with van der Waals surface area (Å²) in [4.78, 5) is 0. The molecule has 1 N–H and O–H groups in total. The third kappa shape index (κ3) is 8160. The third-order valence-electron chi connectivity index (χ3n) is 0. The number of aliphatic hydroxyl groups is 1. The monoisotopic (exact) mass is 174 g/mol. The third-order valence-corrected chi connectivity index (χ3v) is 0. The fourth-order valence-electron chi connectivity index (χ4n) is 0. The molecule has 0 aliphatic rings. The van der Waals surface area contributed by atoms with Crippen LogP contribution in [0.4, 0.5) is 0 Å². The molecule has 0 aromatic heterocycles. The molecule has 0 heterocycles. The van der Waals surface area contributed by atoms with Crippen LogP contribution in [-0.4, -0.2) is 11.2 Å². The van der Waals surface area contributed by atoms with E-state index in [1.54, 1.807) is 13.8 Å². The van der Waals surface area contributed by atoms with Crippen molar-refractivity contribution in [1.29, 1.82) is 0 Å². The summed E-state index contributed by atoms with van der Waals surface area (Å²) in [6.07, 6.45) is -0.167. The maximum absolute atomic E-state index is 8.06. The lowest BCUT2D eigenvalue weighted by atomic mass is 10.3. The zero-order valence-corrected chi connectivity index (χ0v) is 9.81.